The summed E-state index contributed by atoms with van der Waals surface area (Å²) in [5.41, 5.74) is 0. The maximum Gasteiger partial charge on any atom is 0.425 e. The molecule has 0 aliphatic carbocycles. The zero-order valence-corrected chi connectivity index (χ0v) is 5.49. The van der Waals surface area contributed by atoms with E-state index in [4.69, 9.17) is 0 Å². The molecule has 0 aliphatic rings. The lowest BCUT2D eigenvalue weighted by molar-refractivity contribution is 0.394. The van der Waals surface area contributed by atoms with E-state index in [9.17, 15) is 4.79 Å². The number of thiocarbonyl (C=S) groups is 1. The molecule has 0 aromatic carbocycles. The minimum absolute atomic E-state index is 0.125. The molecule has 4 heteroatoms. The molecule has 1 radical (unpaired) electrons. The number of hydrogen-bond acceptors (Lipinski definition) is 3. The van der Waals surface area contributed by atoms with Gasteiger partial charge in [0.15, 0.2) is 0 Å². The van der Waals surface area contributed by atoms with Crippen LogP contribution in [0.2, 0.25) is 0 Å². The van der Waals surface area contributed by atoms with E-state index in [0.29, 0.717) is 0 Å². The number of rotatable bonds is 1. The predicted molar refractivity (Wildman–Crippen MR) is 33.1 cm³/mol. The van der Waals surface area contributed by atoms with Crippen LogP contribution >= 0.6 is 12.2 Å². The number of nitrogens with zero attached hydrogens (tertiary/aromatic N) is 1. The summed E-state index contributed by atoms with van der Waals surface area (Å²) in [6.07, 6.45) is 0. The maximum absolute atomic E-state index is 9.46. The first-order valence-corrected chi connectivity index (χ1v) is 2.34. The summed E-state index contributed by atoms with van der Waals surface area (Å²) in [6, 6.07) is 0. The van der Waals surface area contributed by atoms with Crippen LogP contribution in [0.3, 0.4) is 0 Å². The molecule has 0 spiro atoms. The van der Waals surface area contributed by atoms with Crippen LogP contribution in [0.5, 0.6) is 0 Å². The second-order valence-electron chi connectivity index (χ2n) is 1.35. The van der Waals surface area contributed by atoms with Gasteiger partial charge in [0.2, 0.25) is 0 Å². The van der Waals surface area contributed by atoms with Gasteiger partial charge < -0.3 is 9.64 Å². The third kappa shape index (κ3) is 2.52. The van der Waals surface area contributed by atoms with Crippen molar-refractivity contribution in [2.45, 2.75) is 0 Å². The van der Waals surface area contributed by atoms with Gasteiger partial charge in [-0.1, -0.05) is 0 Å². The van der Waals surface area contributed by atoms with Crippen molar-refractivity contribution < 1.29 is 9.53 Å². The van der Waals surface area contributed by atoms with Gasteiger partial charge in [0.1, 0.15) is 0 Å². The lowest BCUT2D eigenvalue weighted by atomic mass is 10.9. The lowest BCUT2D eigenvalue weighted by Gasteiger charge is -2.07. The van der Waals surface area contributed by atoms with E-state index in [1.54, 1.807) is 14.1 Å². The van der Waals surface area contributed by atoms with Crippen LogP contribution in [0.4, 0.5) is 0 Å². The van der Waals surface area contributed by atoms with Gasteiger partial charge >= 0.3 is 6.47 Å². The van der Waals surface area contributed by atoms with Crippen molar-refractivity contribution in [1.82, 2.24) is 4.90 Å². The van der Waals surface area contributed by atoms with Gasteiger partial charge in [0, 0.05) is 14.1 Å². The van der Waals surface area contributed by atoms with Gasteiger partial charge in [-0.15, -0.1) is 0 Å². The van der Waals surface area contributed by atoms with Crippen LogP contribution in [-0.2, 0) is 9.53 Å². The van der Waals surface area contributed by atoms with Crippen LogP contribution in [0.15, 0.2) is 0 Å². The predicted octanol–water partition coefficient (Wildman–Crippen LogP) is -0.0833. The molecule has 45 valence electrons. The monoisotopic (exact) mass is 132 g/mol. The summed E-state index contributed by atoms with van der Waals surface area (Å²) in [7, 11) is 3.36. The van der Waals surface area contributed by atoms with E-state index in [-0.39, 0.29) is 5.17 Å². The van der Waals surface area contributed by atoms with Crippen LogP contribution in [-0.4, -0.2) is 30.6 Å². The molecular weight excluding hydrogens is 126 g/mol. The normalized spacial score (nSPS) is 7.75. The summed E-state index contributed by atoms with van der Waals surface area (Å²) in [5, 5.41) is 0.125. The van der Waals surface area contributed by atoms with Crippen molar-refractivity contribution in [1.29, 1.82) is 0 Å². The topological polar surface area (TPSA) is 29.5 Å². The molecular formula is C4H6NO2S. The van der Waals surface area contributed by atoms with Crippen LogP contribution in [0, 0.1) is 0 Å². The van der Waals surface area contributed by atoms with Gasteiger partial charge in [0.25, 0.3) is 5.17 Å². The molecule has 0 rings (SSSR count). The van der Waals surface area contributed by atoms with Crippen molar-refractivity contribution in [2.24, 2.45) is 0 Å². The highest BCUT2D eigenvalue weighted by molar-refractivity contribution is 7.80. The third-order valence-corrected chi connectivity index (χ3v) is 0.943. The highest BCUT2D eigenvalue weighted by Gasteiger charge is 1.95. The summed E-state index contributed by atoms with van der Waals surface area (Å²) in [5.74, 6) is 0. The Morgan fingerprint density at radius 2 is 2.25 bits per heavy atom. The Labute approximate surface area is 53.2 Å². The van der Waals surface area contributed by atoms with E-state index in [2.05, 4.69) is 17.0 Å². The fourth-order valence-electron chi connectivity index (χ4n) is 0.127. The minimum atomic E-state index is 0.125. The highest BCUT2D eigenvalue weighted by atomic mass is 32.1. The smallest absolute Gasteiger partial charge is 0.391 e. The molecule has 3 nitrogen and oxygen atoms in total. The highest BCUT2D eigenvalue weighted by Crippen LogP contribution is 1.81. The van der Waals surface area contributed by atoms with E-state index in [1.807, 2.05) is 0 Å². The van der Waals surface area contributed by atoms with E-state index >= 15 is 0 Å². The summed E-state index contributed by atoms with van der Waals surface area (Å²) < 4.78 is 4.16. The molecule has 0 N–H and O–H groups in total. The quantitative estimate of drug-likeness (QED) is 0.467. The number of hydrogen-bond donors (Lipinski definition) is 0. The van der Waals surface area contributed by atoms with Crippen LogP contribution < -0.4 is 0 Å². The number of carbonyl (C=O) groups excluding carboxylic acids is 1. The third-order valence-electron chi connectivity index (χ3n) is 0.494. The Balaban J connectivity index is 3.48. The first-order valence-electron chi connectivity index (χ1n) is 1.93. The van der Waals surface area contributed by atoms with Crippen LogP contribution in [0.25, 0.3) is 0 Å². The maximum atomic E-state index is 9.46. The molecule has 0 unspecified atom stereocenters. The molecule has 0 amide bonds. The van der Waals surface area contributed by atoms with Crippen LogP contribution in [0.1, 0.15) is 0 Å². The van der Waals surface area contributed by atoms with Gasteiger partial charge in [-0.3, -0.25) is 0 Å². The molecule has 0 aromatic rings. The van der Waals surface area contributed by atoms with Crippen molar-refractivity contribution >= 4 is 23.9 Å². The Bertz CT molecular complexity index is 102. The first-order chi connectivity index (χ1) is 3.68. The Kier molecular flexibility index (Phi) is 3.10. The molecule has 0 aliphatic heterocycles. The first kappa shape index (κ1) is 7.36. The summed E-state index contributed by atoms with van der Waals surface area (Å²) in [4.78, 5) is 11.0. The second kappa shape index (κ2) is 3.37. The van der Waals surface area contributed by atoms with Gasteiger partial charge in [0.05, 0.1) is 0 Å². The molecule has 0 aromatic heterocycles. The summed E-state index contributed by atoms with van der Waals surface area (Å²) in [6.45, 7) is 1.22. The molecule has 0 saturated carbocycles. The molecule has 8 heavy (non-hydrogen) atoms. The van der Waals surface area contributed by atoms with Crippen molar-refractivity contribution in [3.63, 3.8) is 0 Å². The van der Waals surface area contributed by atoms with E-state index in [1.165, 1.54) is 11.4 Å². The lowest BCUT2D eigenvalue weighted by Crippen LogP contribution is -2.21. The minimum Gasteiger partial charge on any atom is -0.391 e. The van der Waals surface area contributed by atoms with Gasteiger partial charge in [-0.25, -0.2) is 4.79 Å². The molecule has 0 saturated heterocycles. The van der Waals surface area contributed by atoms with Gasteiger partial charge in [-0.2, -0.15) is 0 Å². The van der Waals surface area contributed by atoms with Gasteiger partial charge in [-0.05, 0) is 12.2 Å². The zero-order chi connectivity index (χ0) is 6.57. The Morgan fingerprint density at radius 1 is 1.75 bits per heavy atom. The summed E-state index contributed by atoms with van der Waals surface area (Å²) >= 11 is 4.52. The largest absolute Gasteiger partial charge is 0.425 e. The molecule has 0 bridgehead atoms. The fraction of sp³-hybridized carbons (Fsp3) is 0.500. The Morgan fingerprint density at radius 3 is 2.38 bits per heavy atom. The van der Waals surface area contributed by atoms with E-state index < -0.39 is 0 Å². The average Bonchev–Trinajstić information content (AvgIpc) is 1.67. The van der Waals surface area contributed by atoms with Crippen molar-refractivity contribution in [3.05, 3.63) is 0 Å². The molecule has 0 fully saturated rings. The van der Waals surface area contributed by atoms with Crippen molar-refractivity contribution in [2.75, 3.05) is 14.1 Å². The second-order valence-corrected chi connectivity index (χ2v) is 1.69. The molecule has 0 atom stereocenters. The average molecular weight is 132 g/mol. The fourth-order valence-corrected chi connectivity index (χ4v) is 0.161. The zero-order valence-electron chi connectivity index (χ0n) is 4.67. The molecule has 0 heterocycles. The number of ether oxygens (including phenoxy) is 1. The van der Waals surface area contributed by atoms with E-state index in [0.717, 1.165) is 0 Å². The Hall–Kier alpha value is -0.640. The van der Waals surface area contributed by atoms with Crippen molar-refractivity contribution in [3.8, 4) is 0 Å². The SMILES string of the molecule is CN(C)C(=S)O[C]=O. The standard InChI is InChI=1S/C4H6NO2S/c1-5(2)4(8)7-3-6/h1-2H3.